The highest BCUT2D eigenvalue weighted by Crippen LogP contribution is 2.33. The minimum absolute atomic E-state index is 0.259. The first kappa shape index (κ1) is 15.0. The number of likely N-dealkylation sites (tertiary alicyclic amines) is 1. The number of hydrogen-bond donors (Lipinski definition) is 1. The smallest absolute Gasteiger partial charge is 0.223 e. The van der Waals surface area contributed by atoms with E-state index >= 15 is 0 Å². The average molecular weight is 313 g/mol. The van der Waals surface area contributed by atoms with E-state index in [4.69, 9.17) is 0 Å². The summed E-state index contributed by atoms with van der Waals surface area (Å²) in [6, 6.07) is 7.25. The van der Waals surface area contributed by atoms with Gasteiger partial charge in [-0.05, 0) is 62.4 Å². The van der Waals surface area contributed by atoms with Crippen molar-refractivity contribution in [3.8, 4) is 0 Å². The molecule has 0 aromatic heterocycles. The first-order valence-electron chi connectivity index (χ1n) is 9.08. The van der Waals surface area contributed by atoms with Crippen LogP contribution in [0.1, 0.15) is 42.9 Å². The number of likely N-dealkylation sites (N-methyl/N-ethyl adjacent to an activating group) is 1. The Bertz CT molecular complexity index is 590. The molecule has 0 bridgehead atoms. The van der Waals surface area contributed by atoms with Crippen LogP contribution in [0.3, 0.4) is 0 Å². The predicted octanol–water partition coefficient (Wildman–Crippen LogP) is 2.34. The van der Waals surface area contributed by atoms with E-state index in [-0.39, 0.29) is 5.91 Å². The predicted molar refractivity (Wildman–Crippen MR) is 92.7 cm³/mol. The second kappa shape index (κ2) is 6.16. The third kappa shape index (κ3) is 3.09. The van der Waals surface area contributed by atoms with Crippen LogP contribution in [0.4, 0.5) is 5.69 Å². The molecule has 1 saturated heterocycles. The van der Waals surface area contributed by atoms with Gasteiger partial charge in [-0.2, -0.15) is 0 Å². The monoisotopic (exact) mass is 313 g/mol. The third-order valence-corrected chi connectivity index (χ3v) is 5.62. The van der Waals surface area contributed by atoms with Gasteiger partial charge in [0.25, 0.3) is 0 Å². The summed E-state index contributed by atoms with van der Waals surface area (Å²) in [5.41, 5.74) is 4.20. The molecule has 0 spiro atoms. The molecule has 124 valence electrons. The van der Waals surface area contributed by atoms with Crippen LogP contribution in [0.2, 0.25) is 0 Å². The van der Waals surface area contributed by atoms with Crippen molar-refractivity contribution in [3.63, 3.8) is 0 Å². The molecular formula is C19H27N3O. The number of nitrogens with one attached hydrogen (secondary N) is 1. The number of carbonyl (C=O) groups is 1. The minimum Gasteiger partial charge on any atom is -0.374 e. The van der Waals surface area contributed by atoms with E-state index in [0.717, 1.165) is 45.4 Å². The Morgan fingerprint density at radius 2 is 2.04 bits per heavy atom. The fraction of sp³-hybridized carbons (Fsp3) is 0.632. The first-order valence-corrected chi connectivity index (χ1v) is 9.08. The van der Waals surface area contributed by atoms with Gasteiger partial charge in [0.15, 0.2) is 0 Å². The van der Waals surface area contributed by atoms with Crippen molar-refractivity contribution in [3.05, 3.63) is 29.3 Å². The third-order valence-electron chi connectivity index (χ3n) is 5.62. The van der Waals surface area contributed by atoms with Gasteiger partial charge in [-0.1, -0.05) is 12.1 Å². The van der Waals surface area contributed by atoms with E-state index in [0.29, 0.717) is 12.0 Å². The summed E-state index contributed by atoms with van der Waals surface area (Å²) in [4.78, 5) is 16.9. The van der Waals surface area contributed by atoms with Crippen LogP contribution >= 0.6 is 0 Å². The van der Waals surface area contributed by atoms with Crippen molar-refractivity contribution in [1.82, 2.24) is 10.2 Å². The topological polar surface area (TPSA) is 35.6 Å². The molecule has 4 nitrogen and oxygen atoms in total. The van der Waals surface area contributed by atoms with Gasteiger partial charge in [-0.3, -0.25) is 9.69 Å². The van der Waals surface area contributed by atoms with Crippen molar-refractivity contribution >= 4 is 11.6 Å². The van der Waals surface area contributed by atoms with Crippen LogP contribution in [0.5, 0.6) is 0 Å². The number of carbonyl (C=O) groups excluding carboxylic acids is 1. The highest BCUT2D eigenvalue weighted by molar-refractivity contribution is 5.80. The molecule has 4 rings (SSSR count). The first-order chi connectivity index (χ1) is 11.2. The zero-order valence-corrected chi connectivity index (χ0v) is 14.1. The van der Waals surface area contributed by atoms with E-state index in [1.54, 1.807) is 0 Å². The molecule has 1 amide bonds. The molecule has 1 aromatic rings. The van der Waals surface area contributed by atoms with Gasteiger partial charge in [-0.25, -0.2) is 0 Å². The molecular weight excluding hydrogens is 286 g/mol. The Morgan fingerprint density at radius 3 is 2.78 bits per heavy atom. The Balaban J connectivity index is 1.53. The maximum absolute atomic E-state index is 12.0. The molecule has 2 heterocycles. The van der Waals surface area contributed by atoms with Gasteiger partial charge in [0.1, 0.15) is 0 Å². The zero-order chi connectivity index (χ0) is 15.8. The number of benzene rings is 1. The van der Waals surface area contributed by atoms with Crippen molar-refractivity contribution in [2.45, 2.75) is 38.1 Å². The van der Waals surface area contributed by atoms with Crippen LogP contribution in [0, 0.1) is 5.92 Å². The molecule has 1 saturated carbocycles. The molecule has 4 heteroatoms. The van der Waals surface area contributed by atoms with Crippen LogP contribution in [0.15, 0.2) is 18.2 Å². The fourth-order valence-corrected chi connectivity index (χ4v) is 3.99. The highest BCUT2D eigenvalue weighted by Gasteiger charge is 2.31. The second-order valence-electron chi connectivity index (χ2n) is 7.34. The molecule has 1 atom stereocenters. The fourth-order valence-electron chi connectivity index (χ4n) is 3.99. The summed E-state index contributed by atoms with van der Waals surface area (Å²) in [7, 11) is 2.17. The summed E-state index contributed by atoms with van der Waals surface area (Å²) in [5.74, 6) is 0.554. The molecule has 2 fully saturated rings. The standard InChI is InChI=1S/C19H27N3O/c1-21-11-8-16-12-15(6-7-17(16)21)18(22-9-2-3-10-22)13-20-19(23)14-4-5-14/h6-7,12,14,18H,2-5,8-11,13H2,1H3,(H,20,23)/t18-/m0/s1. The molecule has 1 aromatic carbocycles. The minimum atomic E-state index is 0.259. The van der Waals surface area contributed by atoms with Gasteiger partial charge in [0.2, 0.25) is 5.91 Å². The summed E-state index contributed by atoms with van der Waals surface area (Å²) in [6.45, 7) is 4.18. The van der Waals surface area contributed by atoms with Crippen molar-refractivity contribution in [2.75, 3.05) is 38.1 Å². The Kier molecular flexibility index (Phi) is 4.02. The number of hydrogen-bond acceptors (Lipinski definition) is 3. The average Bonchev–Trinajstić information content (AvgIpc) is 3.16. The van der Waals surface area contributed by atoms with Crippen molar-refractivity contribution in [2.24, 2.45) is 5.92 Å². The summed E-state index contributed by atoms with van der Waals surface area (Å²) in [6.07, 6.45) is 5.85. The van der Waals surface area contributed by atoms with Crippen LogP contribution in [-0.4, -0.2) is 44.0 Å². The van der Waals surface area contributed by atoms with Crippen LogP contribution < -0.4 is 10.2 Å². The normalized spacial score (nSPS) is 22.2. The SMILES string of the molecule is CN1CCc2cc([C@H](CNC(=O)C3CC3)N3CCCC3)ccc21. The lowest BCUT2D eigenvalue weighted by molar-refractivity contribution is -0.122. The number of anilines is 1. The Morgan fingerprint density at radius 1 is 1.26 bits per heavy atom. The van der Waals surface area contributed by atoms with Crippen molar-refractivity contribution in [1.29, 1.82) is 0 Å². The molecule has 23 heavy (non-hydrogen) atoms. The van der Waals surface area contributed by atoms with Gasteiger partial charge in [0, 0.05) is 31.7 Å². The lowest BCUT2D eigenvalue weighted by Crippen LogP contribution is -2.37. The molecule has 3 aliphatic rings. The molecule has 1 N–H and O–H groups in total. The summed E-state index contributed by atoms with van der Waals surface area (Å²) >= 11 is 0. The number of rotatable bonds is 5. The summed E-state index contributed by atoms with van der Waals surface area (Å²) < 4.78 is 0. The van der Waals surface area contributed by atoms with Crippen LogP contribution in [-0.2, 0) is 11.2 Å². The van der Waals surface area contributed by atoms with Gasteiger partial charge >= 0.3 is 0 Å². The molecule has 0 unspecified atom stereocenters. The van der Waals surface area contributed by atoms with Gasteiger partial charge < -0.3 is 10.2 Å². The van der Waals surface area contributed by atoms with Gasteiger partial charge in [0.05, 0.1) is 6.04 Å². The van der Waals surface area contributed by atoms with Crippen LogP contribution in [0.25, 0.3) is 0 Å². The molecule has 1 aliphatic carbocycles. The maximum atomic E-state index is 12.0. The molecule has 2 aliphatic heterocycles. The van der Waals surface area contributed by atoms with Gasteiger partial charge in [-0.15, -0.1) is 0 Å². The highest BCUT2D eigenvalue weighted by atomic mass is 16.2. The quantitative estimate of drug-likeness (QED) is 0.906. The zero-order valence-electron chi connectivity index (χ0n) is 14.1. The number of nitrogens with zero attached hydrogens (tertiary/aromatic N) is 2. The Hall–Kier alpha value is -1.55. The lowest BCUT2D eigenvalue weighted by Gasteiger charge is -2.29. The van der Waals surface area contributed by atoms with E-state index < -0.39 is 0 Å². The molecule has 0 radical (unpaired) electrons. The van der Waals surface area contributed by atoms with Crippen molar-refractivity contribution < 1.29 is 4.79 Å². The summed E-state index contributed by atoms with van der Waals surface area (Å²) in [5, 5.41) is 3.21. The largest absolute Gasteiger partial charge is 0.374 e. The maximum Gasteiger partial charge on any atom is 0.223 e. The number of amides is 1. The van der Waals surface area contributed by atoms with E-state index in [1.807, 2.05) is 0 Å². The second-order valence-corrected chi connectivity index (χ2v) is 7.34. The van der Waals surface area contributed by atoms with E-state index in [2.05, 4.69) is 40.4 Å². The Labute approximate surface area is 138 Å². The van der Waals surface area contributed by atoms with E-state index in [1.165, 1.54) is 29.7 Å². The van der Waals surface area contributed by atoms with E-state index in [9.17, 15) is 4.79 Å². The number of fused-ring (bicyclic) bond motifs is 1. The lowest BCUT2D eigenvalue weighted by atomic mass is 10.0.